The van der Waals surface area contributed by atoms with Gasteiger partial charge in [-0.1, -0.05) is 47.1 Å². The summed E-state index contributed by atoms with van der Waals surface area (Å²) >= 11 is 0. The number of nitrogens with zero attached hydrogens (tertiary/aromatic N) is 5. The molecule has 0 spiro atoms. The summed E-state index contributed by atoms with van der Waals surface area (Å²) in [6, 6.07) is 15.3. The summed E-state index contributed by atoms with van der Waals surface area (Å²) in [5, 5.41) is 22.0. The van der Waals surface area contributed by atoms with Crippen molar-refractivity contribution in [3.05, 3.63) is 75.6 Å². The first-order chi connectivity index (χ1) is 14.7. The highest BCUT2D eigenvalue weighted by molar-refractivity contribution is 5.75. The van der Waals surface area contributed by atoms with Gasteiger partial charge in [0.2, 0.25) is 5.95 Å². The van der Waals surface area contributed by atoms with Gasteiger partial charge in [0.1, 0.15) is 17.5 Å². The van der Waals surface area contributed by atoms with Crippen LogP contribution in [0.2, 0.25) is 0 Å². The smallest absolute Gasteiger partial charge is 0.288 e. The Morgan fingerprint density at radius 3 is 2.60 bits per heavy atom. The average Bonchev–Trinajstić information content (AvgIpc) is 3.23. The largest absolute Gasteiger partial charge is 0.494 e. The molecule has 30 heavy (non-hydrogen) atoms. The monoisotopic (exact) mass is 401 g/mol. The van der Waals surface area contributed by atoms with E-state index in [0.29, 0.717) is 29.5 Å². The molecule has 0 amide bonds. The third-order valence-corrected chi connectivity index (χ3v) is 5.10. The van der Waals surface area contributed by atoms with Crippen LogP contribution in [-0.2, 0) is 0 Å². The van der Waals surface area contributed by atoms with E-state index in [1.54, 1.807) is 4.68 Å². The molecule has 1 aliphatic heterocycles. The average molecular weight is 401 g/mol. The fourth-order valence-electron chi connectivity index (χ4n) is 3.69. The van der Waals surface area contributed by atoms with Crippen LogP contribution in [0.5, 0.6) is 5.75 Å². The number of hydrogen-bond donors (Lipinski definition) is 2. The van der Waals surface area contributed by atoms with Crippen molar-refractivity contribution in [2.24, 2.45) is 0 Å². The molecule has 4 aromatic rings. The summed E-state index contributed by atoms with van der Waals surface area (Å²) in [5.41, 5.74) is 4.38. The van der Waals surface area contributed by atoms with Gasteiger partial charge in [-0.3, -0.25) is 4.79 Å². The molecule has 2 N–H and O–H groups in total. The van der Waals surface area contributed by atoms with Crippen LogP contribution in [0, 0.1) is 6.92 Å². The van der Waals surface area contributed by atoms with E-state index in [4.69, 9.17) is 4.74 Å². The molecule has 1 aliphatic rings. The zero-order valence-corrected chi connectivity index (χ0v) is 16.5. The van der Waals surface area contributed by atoms with Crippen molar-refractivity contribution in [3.63, 3.8) is 0 Å². The van der Waals surface area contributed by atoms with Crippen LogP contribution in [0.4, 0.5) is 11.6 Å². The van der Waals surface area contributed by atoms with E-state index in [1.807, 2.05) is 62.4 Å². The summed E-state index contributed by atoms with van der Waals surface area (Å²) in [5.74, 6) is 1.17. The first-order valence-corrected chi connectivity index (χ1v) is 9.63. The van der Waals surface area contributed by atoms with Gasteiger partial charge in [0.05, 0.1) is 12.3 Å². The lowest BCUT2D eigenvalue weighted by molar-refractivity contribution is 0.340. The van der Waals surface area contributed by atoms with E-state index in [1.165, 1.54) is 0 Å². The van der Waals surface area contributed by atoms with E-state index >= 15 is 0 Å². The predicted molar refractivity (Wildman–Crippen MR) is 111 cm³/mol. The van der Waals surface area contributed by atoms with Gasteiger partial charge in [0, 0.05) is 11.1 Å². The molecule has 2 aromatic carbocycles. The Morgan fingerprint density at radius 1 is 1.10 bits per heavy atom. The fraction of sp³-hybridized carbons (Fsp3) is 0.190. The Kier molecular flexibility index (Phi) is 4.27. The SMILES string of the molecule is CCOc1ccc([C@@H]2c3c(-c4ccc(C)cc4)n[nH]c(=O)c3Nc3nnnn32)cc1. The third-order valence-electron chi connectivity index (χ3n) is 5.10. The number of aromatic amines is 1. The van der Waals surface area contributed by atoms with Gasteiger partial charge in [-0.05, 0) is 42.0 Å². The summed E-state index contributed by atoms with van der Waals surface area (Å²) in [7, 11) is 0. The third kappa shape index (κ3) is 2.91. The van der Waals surface area contributed by atoms with Gasteiger partial charge in [-0.15, -0.1) is 0 Å². The van der Waals surface area contributed by atoms with Crippen molar-refractivity contribution < 1.29 is 4.74 Å². The van der Waals surface area contributed by atoms with Crippen molar-refractivity contribution in [2.45, 2.75) is 19.9 Å². The Balaban J connectivity index is 1.74. The minimum Gasteiger partial charge on any atom is -0.494 e. The number of hydrogen-bond acceptors (Lipinski definition) is 7. The summed E-state index contributed by atoms with van der Waals surface area (Å²) in [6.07, 6.45) is 0. The number of aryl methyl sites for hydroxylation is 1. The number of fused-ring (bicyclic) bond motifs is 2. The Hall–Kier alpha value is -4.01. The lowest BCUT2D eigenvalue weighted by Crippen LogP contribution is -2.29. The van der Waals surface area contributed by atoms with Crippen LogP contribution in [0.3, 0.4) is 0 Å². The van der Waals surface area contributed by atoms with Crippen molar-refractivity contribution >= 4 is 11.6 Å². The molecule has 9 nitrogen and oxygen atoms in total. The second-order valence-electron chi connectivity index (χ2n) is 7.03. The lowest BCUT2D eigenvalue weighted by atomic mass is 9.92. The quantitative estimate of drug-likeness (QED) is 0.476. The molecule has 3 heterocycles. The molecular formula is C21H19N7O2. The highest BCUT2D eigenvalue weighted by atomic mass is 16.5. The molecule has 0 radical (unpaired) electrons. The Morgan fingerprint density at radius 2 is 1.87 bits per heavy atom. The highest BCUT2D eigenvalue weighted by Crippen LogP contribution is 2.41. The first kappa shape index (κ1) is 18.0. The molecule has 9 heteroatoms. The lowest BCUT2D eigenvalue weighted by Gasteiger charge is -2.28. The Labute approximate surface area is 171 Å². The second-order valence-corrected chi connectivity index (χ2v) is 7.03. The standard InChI is InChI=1S/C21H19N7O2/c1-3-30-15-10-8-14(9-11-15)19-16-17(13-6-4-12(2)5-7-13)23-24-20(29)18(16)22-21-25-26-27-28(19)21/h4-11,19H,3H2,1-2H3,(H,24,29)(H,22,25,27)/t19-/m1/s1. The molecule has 5 rings (SSSR count). The van der Waals surface area contributed by atoms with Crippen LogP contribution in [0.1, 0.15) is 29.7 Å². The van der Waals surface area contributed by atoms with Crippen LogP contribution in [0.15, 0.2) is 53.3 Å². The zero-order valence-electron chi connectivity index (χ0n) is 16.5. The number of benzene rings is 2. The number of tetrazole rings is 1. The van der Waals surface area contributed by atoms with Crippen molar-refractivity contribution in [3.8, 4) is 17.0 Å². The van der Waals surface area contributed by atoms with E-state index < -0.39 is 6.04 Å². The topological polar surface area (TPSA) is 111 Å². The van der Waals surface area contributed by atoms with Gasteiger partial charge in [-0.2, -0.15) is 9.78 Å². The van der Waals surface area contributed by atoms with Gasteiger partial charge in [0.15, 0.2) is 0 Å². The summed E-state index contributed by atoms with van der Waals surface area (Å²) < 4.78 is 7.23. The maximum atomic E-state index is 12.7. The minimum absolute atomic E-state index is 0.328. The van der Waals surface area contributed by atoms with Gasteiger partial charge >= 0.3 is 0 Å². The van der Waals surface area contributed by atoms with Crippen molar-refractivity contribution in [1.29, 1.82) is 0 Å². The second kappa shape index (κ2) is 7.11. The molecular weight excluding hydrogens is 382 g/mol. The molecule has 0 saturated heterocycles. The summed E-state index contributed by atoms with van der Waals surface area (Å²) in [6.45, 7) is 4.55. The van der Waals surface area contributed by atoms with E-state index in [-0.39, 0.29) is 5.56 Å². The number of nitrogens with one attached hydrogen (secondary N) is 2. The van der Waals surface area contributed by atoms with Crippen molar-refractivity contribution in [1.82, 2.24) is 30.4 Å². The fourth-order valence-corrected chi connectivity index (χ4v) is 3.69. The van der Waals surface area contributed by atoms with E-state index in [0.717, 1.165) is 22.4 Å². The zero-order chi connectivity index (χ0) is 20.7. The number of ether oxygens (including phenoxy) is 1. The highest BCUT2D eigenvalue weighted by Gasteiger charge is 2.34. The molecule has 0 aliphatic carbocycles. The van der Waals surface area contributed by atoms with Crippen LogP contribution < -0.4 is 15.6 Å². The van der Waals surface area contributed by atoms with Crippen LogP contribution in [-0.4, -0.2) is 37.0 Å². The van der Waals surface area contributed by atoms with Crippen LogP contribution in [0.25, 0.3) is 11.3 Å². The molecule has 0 unspecified atom stereocenters. The minimum atomic E-state index is -0.423. The Bertz CT molecular complexity index is 1260. The van der Waals surface area contributed by atoms with Crippen molar-refractivity contribution in [2.75, 3.05) is 11.9 Å². The number of anilines is 2. The predicted octanol–water partition coefficient (Wildman–Crippen LogP) is 2.83. The maximum absolute atomic E-state index is 12.7. The van der Waals surface area contributed by atoms with Crippen LogP contribution >= 0.6 is 0 Å². The van der Waals surface area contributed by atoms with Gasteiger partial charge in [-0.25, -0.2) is 5.10 Å². The first-order valence-electron chi connectivity index (χ1n) is 9.63. The maximum Gasteiger partial charge on any atom is 0.288 e. The van der Waals surface area contributed by atoms with E-state index in [9.17, 15) is 4.79 Å². The molecule has 0 saturated carbocycles. The molecule has 150 valence electrons. The molecule has 0 bridgehead atoms. The normalized spacial score (nSPS) is 14.5. The van der Waals surface area contributed by atoms with Gasteiger partial charge in [0.25, 0.3) is 5.56 Å². The number of aromatic nitrogens is 6. The summed E-state index contributed by atoms with van der Waals surface area (Å²) in [4.78, 5) is 12.7. The van der Waals surface area contributed by atoms with Gasteiger partial charge < -0.3 is 10.1 Å². The molecule has 0 fully saturated rings. The number of rotatable bonds is 4. The molecule has 1 atom stereocenters. The van der Waals surface area contributed by atoms with E-state index in [2.05, 4.69) is 31.0 Å². The molecule has 2 aromatic heterocycles. The number of H-pyrrole nitrogens is 1.